The lowest BCUT2D eigenvalue weighted by Crippen LogP contribution is -2.31. The molecule has 0 spiro atoms. The summed E-state index contributed by atoms with van der Waals surface area (Å²) in [6.45, 7) is 2.04. The molecule has 1 atom stereocenters. The number of aromatic amines is 1. The number of methoxy groups -OCH3 is 2. The van der Waals surface area contributed by atoms with Gasteiger partial charge < -0.3 is 19.8 Å². The number of nitrogens with one attached hydrogen (secondary N) is 2. The van der Waals surface area contributed by atoms with Gasteiger partial charge in [-0.2, -0.15) is 0 Å². The molecule has 0 unspecified atom stereocenters. The molecule has 0 fully saturated rings. The number of carbonyl (C=O) groups excluding carboxylic acids is 1. The Bertz CT molecular complexity index is 1170. The highest BCUT2D eigenvalue weighted by atomic mass is 32.2. The van der Waals surface area contributed by atoms with Gasteiger partial charge in [-0.25, -0.2) is 4.98 Å². The van der Waals surface area contributed by atoms with Crippen LogP contribution in [0.2, 0.25) is 0 Å². The van der Waals surface area contributed by atoms with Crippen molar-refractivity contribution in [2.24, 2.45) is 0 Å². The maximum atomic E-state index is 13.1. The number of anilines is 1. The smallest absolute Gasteiger partial charge is 0.257 e. The fourth-order valence-electron chi connectivity index (χ4n) is 3.63. The Labute approximate surface area is 184 Å². The van der Waals surface area contributed by atoms with Crippen molar-refractivity contribution in [1.82, 2.24) is 9.97 Å². The molecule has 0 aliphatic carbocycles. The summed E-state index contributed by atoms with van der Waals surface area (Å²) in [4.78, 5) is 32.9. The first-order chi connectivity index (χ1) is 15.0. The van der Waals surface area contributed by atoms with Crippen LogP contribution >= 0.6 is 11.8 Å². The third-order valence-electron chi connectivity index (χ3n) is 5.24. The first kappa shape index (κ1) is 21.0. The highest BCUT2D eigenvalue weighted by Crippen LogP contribution is 2.40. The molecular formula is C23H23N3O4S. The highest BCUT2D eigenvalue weighted by Gasteiger charge is 2.33. The molecule has 0 radical (unpaired) electrons. The average molecular weight is 438 g/mol. The monoisotopic (exact) mass is 437 g/mol. The van der Waals surface area contributed by atoms with Gasteiger partial charge in [0.05, 0.1) is 19.8 Å². The summed E-state index contributed by atoms with van der Waals surface area (Å²) < 4.78 is 10.8. The van der Waals surface area contributed by atoms with Gasteiger partial charge in [-0.05, 0) is 30.7 Å². The number of aryl methyl sites for hydroxylation is 1. The van der Waals surface area contributed by atoms with Crippen molar-refractivity contribution in [2.75, 3.05) is 19.5 Å². The van der Waals surface area contributed by atoms with E-state index >= 15 is 0 Å². The van der Waals surface area contributed by atoms with E-state index in [-0.39, 0.29) is 17.9 Å². The van der Waals surface area contributed by atoms with Crippen molar-refractivity contribution in [3.63, 3.8) is 0 Å². The van der Waals surface area contributed by atoms with E-state index in [0.29, 0.717) is 39.4 Å². The molecule has 3 aromatic rings. The standard InChI is InChI=1S/C23H23N3O4S/c1-13-4-6-14(7-5-13)12-31-23-25-21-20(22(28)26-23)17(11-19(27)24-21)16-10-15(29-2)8-9-18(16)30-3/h4-10,17H,11-12H2,1-3H3,(H2,24,25,26,27,28)/t17-/m0/s1. The number of nitrogens with zero attached hydrogens (tertiary/aromatic N) is 1. The van der Waals surface area contributed by atoms with Gasteiger partial charge in [0.15, 0.2) is 5.16 Å². The third-order valence-corrected chi connectivity index (χ3v) is 6.18. The first-order valence-electron chi connectivity index (χ1n) is 9.83. The van der Waals surface area contributed by atoms with E-state index in [1.807, 2.05) is 31.2 Å². The van der Waals surface area contributed by atoms with Crippen LogP contribution < -0.4 is 20.3 Å². The third kappa shape index (κ3) is 4.44. The number of amides is 1. The lowest BCUT2D eigenvalue weighted by Gasteiger charge is -2.26. The van der Waals surface area contributed by atoms with Crippen molar-refractivity contribution in [3.05, 3.63) is 75.1 Å². The summed E-state index contributed by atoms with van der Waals surface area (Å²) in [5.41, 5.74) is 3.18. The van der Waals surface area contributed by atoms with Crippen LogP contribution in [-0.4, -0.2) is 30.1 Å². The van der Waals surface area contributed by atoms with E-state index in [1.54, 1.807) is 32.4 Å². The molecular weight excluding hydrogens is 414 g/mol. The fraction of sp³-hybridized carbons (Fsp3) is 0.261. The van der Waals surface area contributed by atoms with Gasteiger partial charge in [-0.3, -0.25) is 9.59 Å². The fourth-order valence-corrected chi connectivity index (χ4v) is 4.45. The van der Waals surface area contributed by atoms with Gasteiger partial charge in [0.2, 0.25) is 5.91 Å². The molecule has 7 nitrogen and oxygen atoms in total. The zero-order valence-corrected chi connectivity index (χ0v) is 18.3. The average Bonchev–Trinajstić information content (AvgIpc) is 2.77. The lowest BCUT2D eigenvalue weighted by atomic mass is 9.86. The van der Waals surface area contributed by atoms with E-state index in [9.17, 15) is 9.59 Å². The second-order valence-corrected chi connectivity index (χ2v) is 8.28. The lowest BCUT2D eigenvalue weighted by molar-refractivity contribution is -0.116. The summed E-state index contributed by atoms with van der Waals surface area (Å²) in [5.74, 6) is 1.47. The van der Waals surface area contributed by atoms with Crippen molar-refractivity contribution < 1.29 is 14.3 Å². The Hall–Kier alpha value is -3.26. The van der Waals surface area contributed by atoms with E-state index in [1.165, 1.54) is 17.3 Å². The Kier molecular flexibility index (Phi) is 5.99. The number of benzene rings is 2. The molecule has 1 aliphatic rings. The minimum atomic E-state index is -0.485. The van der Waals surface area contributed by atoms with Crippen molar-refractivity contribution in [1.29, 1.82) is 0 Å². The number of hydrogen-bond donors (Lipinski definition) is 2. The van der Waals surface area contributed by atoms with Crippen LogP contribution in [0.4, 0.5) is 5.82 Å². The maximum Gasteiger partial charge on any atom is 0.257 e. The van der Waals surface area contributed by atoms with Crippen molar-refractivity contribution in [2.45, 2.75) is 30.2 Å². The number of ether oxygens (including phenoxy) is 2. The highest BCUT2D eigenvalue weighted by molar-refractivity contribution is 7.98. The number of carbonyl (C=O) groups is 1. The van der Waals surface area contributed by atoms with E-state index in [4.69, 9.17) is 9.47 Å². The van der Waals surface area contributed by atoms with Gasteiger partial charge in [0, 0.05) is 23.7 Å². The molecule has 31 heavy (non-hydrogen) atoms. The number of fused-ring (bicyclic) bond motifs is 1. The minimum absolute atomic E-state index is 0.122. The zero-order valence-electron chi connectivity index (χ0n) is 17.5. The predicted octanol–water partition coefficient (Wildman–Crippen LogP) is 3.86. The number of H-pyrrole nitrogens is 1. The number of thioether (sulfide) groups is 1. The summed E-state index contributed by atoms with van der Waals surface area (Å²) in [5, 5.41) is 3.22. The Morgan fingerprint density at radius 2 is 1.87 bits per heavy atom. The summed E-state index contributed by atoms with van der Waals surface area (Å²) in [6.07, 6.45) is 0.122. The largest absolute Gasteiger partial charge is 0.497 e. The Morgan fingerprint density at radius 3 is 2.58 bits per heavy atom. The molecule has 4 rings (SSSR count). The van der Waals surface area contributed by atoms with Crippen LogP contribution in [0.5, 0.6) is 11.5 Å². The first-order valence-corrected chi connectivity index (χ1v) is 10.8. The van der Waals surface area contributed by atoms with E-state index < -0.39 is 5.92 Å². The number of hydrogen-bond acceptors (Lipinski definition) is 6. The van der Waals surface area contributed by atoms with E-state index in [0.717, 1.165) is 5.56 Å². The van der Waals surface area contributed by atoms with Gasteiger partial charge in [-0.1, -0.05) is 41.6 Å². The van der Waals surface area contributed by atoms with Crippen LogP contribution in [0.25, 0.3) is 0 Å². The molecule has 8 heteroatoms. The summed E-state index contributed by atoms with van der Waals surface area (Å²) in [7, 11) is 3.13. The molecule has 1 aromatic heterocycles. The summed E-state index contributed by atoms with van der Waals surface area (Å²) in [6, 6.07) is 13.5. The predicted molar refractivity (Wildman–Crippen MR) is 120 cm³/mol. The van der Waals surface area contributed by atoms with Crippen LogP contribution in [0.15, 0.2) is 52.4 Å². The van der Waals surface area contributed by atoms with Crippen molar-refractivity contribution in [3.8, 4) is 11.5 Å². The van der Waals surface area contributed by atoms with Gasteiger partial charge in [-0.15, -0.1) is 0 Å². The quantitative estimate of drug-likeness (QED) is 0.449. The van der Waals surface area contributed by atoms with Gasteiger partial charge in [0.25, 0.3) is 5.56 Å². The molecule has 2 aromatic carbocycles. The molecule has 2 heterocycles. The second-order valence-electron chi connectivity index (χ2n) is 7.32. The topological polar surface area (TPSA) is 93.3 Å². The van der Waals surface area contributed by atoms with Crippen LogP contribution in [0.3, 0.4) is 0 Å². The maximum absolute atomic E-state index is 13.1. The molecule has 1 aliphatic heterocycles. The number of aromatic nitrogens is 2. The van der Waals surface area contributed by atoms with Gasteiger partial charge in [0.1, 0.15) is 17.3 Å². The molecule has 0 bridgehead atoms. The van der Waals surface area contributed by atoms with E-state index in [2.05, 4.69) is 15.3 Å². The minimum Gasteiger partial charge on any atom is -0.497 e. The normalized spacial score (nSPS) is 15.2. The summed E-state index contributed by atoms with van der Waals surface area (Å²) >= 11 is 1.42. The van der Waals surface area contributed by atoms with Crippen LogP contribution in [0, 0.1) is 6.92 Å². The van der Waals surface area contributed by atoms with Crippen LogP contribution in [0.1, 0.15) is 34.6 Å². The Morgan fingerprint density at radius 1 is 1.10 bits per heavy atom. The second kappa shape index (κ2) is 8.85. The SMILES string of the molecule is COc1ccc(OC)c([C@@H]2CC(=O)Nc3nc(SCc4ccc(C)cc4)[nH]c(=O)c32)c1. The molecule has 0 saturated heterocycles. The van der Waals surface area contributed by atoms with Gasteiger partial charge >= 0.3 is 0 Å². The molecule has 160 valence electrons. The molecule has 1 amide bonds. The molecule has 0 saturated carbocycles. The van der Waals surface area contributed by atoms with Crippen LogP contribution in [-0.2, 0) is 10.5 Å². The van der Waals surface area contributed by atoms with Crippen molar-refractivity contribution >= 4 is 23.5 Å². The molecule has 2 N–H and O–H groups in total. The zero-order chi connectivity index (χ0) is 22.0. The number of rotatable bonds is 6. The Balaban J connectivity index is 1.69.